The smallest absolute Gasteiger partial charge is 0.408 e. The number of hydrogen-bond acceptors (Lipinski definition) is 5. The molecule has 1 aliphatic carbocycles. The Hall–Kier alpha value is -1.79. The zero-order valence-electron chi connectivity index (χ0n) is 16.4. The average molecular weight is 368 g/mol. The van der Waals surface area contributed by atoms with Crippen LogP contribution in [0.1, 0.15) is 66.2 Å². The number of ether oxygens (including phenoxy) is 2. The normalized spacial score (nSPS) is 26.5. The molecule has 0 spiro atoms. The maximum absolute atomic E-state index is 13.1. The summed E-state index contributed by atoms with van der Waals surface area (Å²) in [5.74, 6) is -0.242. The Morgan fingerprint density at radius 1 is 1.15 bits per heavy atom. The maximum Gasteiger partial charge on any atom is 0.408 e. The van der Waals surface area contributed by atoms with Crippen LogP contribution in [0.2, 0.25) is 0 Å². The summed E-state index contributed by atoms with van der Waals surface area (Å²) in [6, 6.07) is -0.615. The van der Waals surface area contributed by atoms with Gasteiger partial charge in [-0.1, -0.05) is 12.8 Å². The fraction of sp³-hybridized carbons (Fsp3) is 0.842. The molecule has 26 heavy (non-hydrogen) atoms. The van der Waals surface area contributed by atoms with Crippen LogP contribution in [0.5, 0.6) is 0 Å². The Morgan fingerprint density at radius 3 is 2.50 bits per heavy atom. The second kappa shape index (κ2) is 8.73. The molecule has 7 heteroatoms. The van der Waals surface area contributed by atoms with Crippen molar-refractivity contribution in [2.45, 2.75) is 83.9 Å². The minimum Gasteiger partial charge on any atom is -0.465 e. The molecule has 1 N–H and O–H groups in total. The second-order valence-corrected chi connectivity index (χ2v) is 8.16. The molecule has 0 aromatic rings. The minimum atomic E-state index is -0.662. The number of likely N-dealkylation sites (tertiary alicyclic amines) is 1. The van der Waals surface area contributed by atoms with Crippen LogP contribution in [-0.4, -0.2) is 53.7 Å². The number of fused-ring (bicyclic) bond motifs is 1. The molecule has 0 radical (unpaired) electrons. The molecule has 3 atom stereocenters. The van der Waals surface area contributed by atoms with Gasteiger partial charge in [-0.05, 0) is 59.3 Å². The van der Waals surface area contributed by atoms with Crippen LogP contribution < -0.4 is 5.32 Å². The quantitative estimate of drug-likeness (QED) is 0.771. The average Bonchev–Trinajstić information content (AvgIpc) is 2.66. The maximum atomic E-state index is 13.1. The Bertz CT molecular complexity index is 529. The Balaban J connectivity index is 2.14. The summed E-state index contributed by atoms with van der Waals surface area (Å²) >= 11 is 0. The first-order valence-electron chi connectivity index (χ1n) is 9.67. The van der Waals surface area contributed by atoms with Crippen molar-refractivity contribution in [1.29, 1.82) is 0 Å². The number of carbonyl (C=O) groups is 3. The van der Waals surface area contributed by atoms with Gasteiger partial charge in [0.25, 0.3) is 0 Å². The molecular weight excluding hydrogens is 336 g/mol. The van der Waals surface area contributed by atoms with Crippen molar-refractivity contribution in [3.8, 4) is 0 Å². The van der Waals surface area contributed by atoms with Crippen LogP contribution in [0.15, 0.2) is 0 Å². The zero-order chi connectivity index (χ0) is 19.3. The van der Waals surface area contributed by atoms with Crippen molar-refractivity contribution < 1.29 is 23.9 Å². The molecule has 1 heterocycles. The second-order valence-electron chi connectivity index (χ2n) is 8.16. The van der Waals surface area contributed by atoms with Crippen molar-refractivity contribution in [2.75, 3.05) is 13.2 Å². The van der Waals surface area contributed by atoms with Crippen molar-refractivity contribution in [1.82, 2.24) is 10.2 Å². The van der Waals surface area contributed by atoms with E-state index in [4.69, 9.17) is 9.47 Å². The molecule has 1 saturated carbocycles. The molecule has 0 aromatic carbocycles. The van der Waals surface area contributed by atoms with Crippen LogP contribution in [0.25, 0.3) is 0 Å². The number of alkyl carbamates (subject to hydrolysis) is 1. The van der Waals surface area contributed by atoms with E-state index in [0.29, 0.717) is 12.3 Å². The molecule has 2 fully saturated rings. The van der Waals surface area contributed by atoms with E-state index in [1.54, 1.807) is 32.6 Å². The number of nitrogens with zero attached hydrogens (tertiary/aromatic N) is 1. The van der Waals surface area contributed by atoms with Gasteiger partial charge >= 0.3 is 12.1 Å². The van der Waals surface area contributed by atoms with Gasteiger partial charge in [0.05, 0.1) is 6.61 Å². The highest BCUT2D eigenvalue weighted by Gasteiger charge is 2.41. The van der Waals surface area contributed by atoms with Crippen molar-refractivity contribution in [3.05, 3.63) is 0 Å². The van der Waals surface area contributed by atoms with E-state index in [2.05, 4.69) is 5.32 Å². The van der Waals surface area contributed by atoms with E-state index in [-0.39, 0.29) is 25.1 Å². The lowest BCUT2D eigenvalue weighted by Crippen LogP contribution is -2.53. The number of esters is 1. The molecule has 2 rings (SSSR count). The zero-order valence-corrected chi connectivity index (χ0v) is 16.4. The number of amides is 2. The van der Waals surface area contributed by atoms with E-state index in [9.17, 15) is 14.4 Å². The van der Waals surface area contributed by atoms with Crippen molar-refractivity contribution >= 4 is 18.0 Å². The fourth-order valence-corrected chi connectivity index (χ4v) is 3.93. The summed E-state index contributed by atoms with van der Waals surface area (Å²) < 4.78 is 10.3. The molecule has 2 aliphatic rings. The van der Waals surface area contributed by atoms with Gasteiger partial charge in [0.15, 0.2) is 0 Å². The third-order valence-corrected chi connectivity index (χ3v) is 4.97. The van der Waals surface area contributed by atoms with E-state index in [1.807, 2.05) is 0 Å². The topological polar surface area (TPSA) is 84.9 Å². The fourth-order valence-electron chi connectivity index (χ4n) is 3.93. The van der Waals surface area contributed by atoms with Crippen LogP contribution in [-0.2, 0) is 19.1 Å². The highest BCUT2D eigenvalue weighted by Crippen LogP contribution is 2.35. The van der Waals surface area contributed by atoms with E-state index >= 15 is 0 Å². The molecule has 1 aliphatic heterocycles. The largest absolute Gasteiger partial charge is 0.465 e. The lowest BCUT2D eigenvalue weighted by atomic mass is 9.81. The highest BCUT2D eigenvalue weighted by molar-refractivity contribution is 5.89. The predicted molar refractivity (Wildman–Crippen MR) is 96.5 cm³/mol. The van der Waals surface area contributed by atoms with Crippen LogP contribution in [0.3, 0.4) is 0 Å². The van der Waals surface area contributed by atoms with Gasteiger partial charge in [-0.15, -0.1) is 0 Å². The van der Waals surface area contributed by atoms with E-state index in [1.165, 1.54) is 0 Å². The SMILES string of the molecule is CCOC(=O)CN1C(=O)[C@@H](NC(=O)OC(C)(C)C)CCC2CCCCC21. The number of carbonyl (C=O) groups excluding carboxylic acids is 3. The Labute approximate surface area is 155 Å². The first-order valence-corrected chi connectivity index (χ1v) is 9.67. The molecule has 7 nitrogen and oxygen atoms in total. The molecule has 0 aromatic heterocycles. The van der Waals surface area contributed by atoms with Crippen molar-refractivity contribution in [3.63, 3.8) is 0 Å². The van der Waals surface area contributed by atoms with Crippen LogP contribution in [0, 0.1) is 5.92 Å². The third-order valence-electron chi connectivity index (χ3n) is 4.97. The summed E-state index contributed by atoms with van der Waals surface area (Å²) in [4.78, 5) is 38.9. The van der Waals surface area contributed by atoms with Gasteiger partial charge in [-0.2, -0.15) is 0 Å². The summed E-state index contributed by atoms with van der Waals surface area (Å²) in [7, 11) is 0. The monoisotopic (exact) mass is 368 g/mol. The van der Waals surface area contributed by atoms with Gasteiger partial charge in [-0.3, -0.25) is 9.59 Å². The van der Waals surface area contributed by atoms with Crippen LogP contribution in [0.4, 0.5) is 4.79 Å². The van der Waals surface area contributed by atoms with E-state index in [0.717, 1.165) is 32.1 Å². The first-order chi connectivity index (χ1) is 12.2. The highest BCUT2D eigenvalue weighted by atomic mass is 16.6. The van der Waals surface area contributed by atoms with Gasteiger partial charge in [0.1, 0.15) is 18.2 Å². The molecule has 1 saturated heterocycles. The lowest BCUT2D eigenvalue weighted by Gasteiger charge is -2.38. The minimum absolute atomic E-state index is 0.0473. The van der Waals surface area contributed by atoms with Gasteiger partial charge in [0, 0.05) is 6.04 Å². The van der Waals surface area contributed by atoms with Gasteiger partial charge < -0.3 is 19.7 Å². The molecule has 2 unspecified atom stereocenters. The summed E-state index contributed by atoms with van der Waals surface area (Å²) in [6.07, 6.45) is 4.97. The number of nitrogens with one attached hydrogen (secondary N) is 1. The van der Waals surface area contributed by atoms with E-state index < -0.39 is 23.7 Å². The summed E-state index contributed by atoms with van der Waals surface area (Å²) in [5, 5.41) is 2.71. The number of hydrogen-bond donors (Lipinski definition) is 1. The van der Waals surface area contributed by atoms with Gasteiger partial charge in [0.2, 0.25) is 5.91 Å². The summed E-state index contributed by atoms with van der Waals surface area (Å²) in [5.41, 5.74) is -0.629. The molecule has 0 bridgehead atoms. The first kappa shape index (κ1) is 20.5. The lowest BCUT2D eigenvalue weighted by molar-refractivity contribution is -0.151. The standard InChI is InChI=1S/C19H32N2O5/c1-5-25-16(22)12-21-15-9-7-6-8-13(15)10-11-14(17(21)23)20-18(24)26-19(2,3)4/h13-15H,5-12H2,1-4H3,(H,20,24)/t13?,14-,15?/m0/s1. The molecule has 2 amide bonds. The predicted octanol–water partition coefficient (Wildman–Crippen LogP) is 2.62. The summed E-state index contributed by atoms with van der Waals surface area (Å²) in [6.45, 7) is 7.32. The molecular formula is C19H32N2O5. The van der Waals surface area contributed by atoms with Crippen LogP contribution >= 0.6 is 0 Å². The molecule has 148 valence electrons. The van der Waals surface area contributed by atoms with Gasteiger partial charge in [-0.25, -0.2) is 4.79 Å². The third kappa shape index (κ3) is 5.61. The van der Waals surface area contributed by atoms with Crippen molar-refractivity contribution in [2.24, 2.45) is 5.92 Å². The Kier molecular flexibility index (Phi) is 6.89. The Morgan fingerprint density at radius 2 is 1.85 bits per heavy atom. The number of rotatable bonds is 4.